The Balaban J connectivity index is 1.90. The SMILES string of the molecule is CCOc1cc(C=NNC(=O)CCNC(=O)c2cc(OC)c(OC)c(OC)c2)cc(Br)c1O. The van der Waals surface area contributed by atoms with E-state index < -0.39 is 5.91 Å². The van der Waals surface area contributed by atoms with Crippen molar-refractivity contribution >= 4 is 34.0 Å². The fraction of sp³-hybridized carbons (Fsp3) is 0.318. The zero-order valence-electron chi connectivity index (χ0n) is 18.7. The van der Waals surface area contributed by atoms with Crippen LogP contribution in [0.15, 0.2) is 33.8 Å². The van der Waals surface area contributed by atoms with Gasteiger partial charge < -0.3 is 29.4 Å². The van der Waals surface area contributed by atoms with Crippen LogP contribution in [0, 0.1) is 0 Å². The standard InChI is InChI=1S/C22H26BrN3O7/c1-5-33-16-9-13(8-15(23)20(16)28)12-25-26-19(27)6-7-24-22(29)14-10-17(30-2)21(32-4)18(11-14)31-3/h8-12,28H,5-7H2,1-4H3,(H,24,29)(H,26,27). The zero-order chi connectivity index (χ0) is 24.4. The van der Waals surface area contributed by atoms with Crippen LogP contribution in [0.1, 0.15) is 29.3 Å². The van der Waals surface area contributed by atoms with Crippen LogP contribution in [0.3, 0.4) is 0 Å². The number of hydrogen-bond donors (Lipinski definition) is 3. The molecule has 0 atom stereocenters. The molecule has 2 amide bonds. The van der Waals surface area contributed by atoms with Crippen molar-refractivity contribution in [3.8, 4) is 28.7 Å². The second-order valence-electron chi connectivity index (χ2n) is 6.50. The summed E-state index contributed by atoms with van der Waals surface area (Å²) in [5, 5.41) is 16.5. The Morgan fingerprint density at radius 3 is 2.30 bits per heavy atom. The van der Waals surface area contributed by atoms with Gasteiger partial charge in [0.05, 0.1) is 38.6 Å². The van der Waals surface area contributed by atoms with Crippen molar-refractivity contribution < 1.29 is 33.6 Å². The van der Waals surface area contributed by atoms with Crippen LogP contribution in [-0.4, -0.2) is 57.6 Å². The number of aromatic hydroxyl groups is 1. The van der Waals surface area contributed by atoms with Gasteiger partial charge in [-0.05, 0) is 52.7 Å². The molecule has 0 fully saturated rings. The van der Waals surface area contributed by atoms with Crippen molar-refractivity contribution in [3.05, 3.63) is 39.9 Å². The lowest BCUT2D eigenvalue weighted by atomic mass is 10.1. The molecule has 0 aromatic heterocycles. The zero-order valence-corrected chi connectivity index (χ0v) is 20.3. The van der Waals surface area contributed by atoms with Crippen LogP contribution in [-0.2, 0) is 4.79 Å². The van der Waals surface area contributed by atoms with E-state index in [1.54, 1.807) is 19.1 Å². The molecular formula is C22H26BrN3O7. The van der Waals surface area contributed by atoms with Gasteiger partial charge in [0.25, 0.3) is 5.91 Å². The molecule has 2 rings (SSSR count). The van der Waals surface area contributed by atoms with Gasteiger partial charge in [-0.15, -0.1) is 0 Å². The van der Waals surface area contributed by atoms with Gasteiger partial charge in [0, 0.05) is 18.5 Å². The fourth-order valence-corrected chi connectivity index (χ4v) is 3.23. The number of carbonyl (C=O) groups excluding carboxylic acids is 2. The van der Waals surface area contributed by atoms with Gasteiger partial charge in [0.1, 0.15) is 0 Å². The number of carbonyl (C=O) groups is 2. The third-order valence-corrected chi connectivity index (χ3v) is 4.92. The summed E-state index contributed by atoms with van der Waals surface area (Å²) < 4.78 is 21.5. The van der Waals surface area contributed by atoms with Crippen molar-refractivity contribution in [1.82, 2.24) is 10.7 Å². The molecule has 0 aliphatic heterocycles. The lowest BCUT2D eigenvalue weighted by Crippen LogP contribution is -2.29. The van der Waals surface area contributed by atoms with Crippen molar-refractivity contribution in [1.29, 1.82) is 0 Å². The number of rotatable bonds is 11. The molecule has 0 radical (unpaired) electrons. The van der Waals surface area contributed by atoms with Crippen LogP contribution in [0.2, 0.25) is 0 Å². The first-order valence-corrected chi connectivity index (χ1v) is 10.7. The summed E-state index contributed by atoms with van der Waals surface area (Å²) in [5.74, 6) is 0.574. The Hall–Kier alpha value is -3.47. The average Bonchev–Trinajstić information content (AvgIpc) is 2.81. The lowest BCUT2D eigenvalue weighted by Gasteiger charge is -2.14. The maximum Gasteiger partial charge on any atom is 0.251 e. The number of halogens is 1. The van der Waals surface area contributed by atoms with Gasteiger partial charge in [-0.2, -0.15) is 5.10 Å². The predicted octanol–water partition coefficient (Wildman–Crippen LogP) is 2.85. The molecular weight excluding hydrogens is 498 g/mol. The monoisotopic (exact) mass is 523 g/mol. The maximum atomic E-state index is 12.4. The number of ether oxygens (including phenoxy) is 4. The molecule has 0 aliphatic rings. The number of benzene rings is 2. The number of amides is 2. The van der Waals surface area contributed by atoms with Crippen molar-refractivity contribution in [3.63, 3.8) is 0 Å². The van der Waals surface area contributed by atoms with Crippen LogP contribution in [0.25, 0.3) is 0 Å². The Morgan fingerprint density at radius 2 is 1.73 bits per heavy atom. The second-order valence-corrected chi connectivity index (χ2v) is 7.35. The van der Waals surface area contributed by atoms with Gasteiger partial charge in [0.15, 0.2) is 23.0 Å². The molecule has 2 aromatic rings. The highest BCUT2D eigenvalue weighted by Crippen LogP contribution is 2.38. The first-order valence-electron chi connectivity index (χ1n) is 9.89. The first kappa shape index (κ1) is 25.8. The molecule has 0 saturated heterocycles. The molecule has 0 unspecified atom stereocenters. The smallest absolute Gasteiger partial charge is 0.251 e. The topological polar surface area (TPSA) is 128 Å². The number of nitrogens with zero attached hydrogens (tertiary/aromatic N) is 1. The van der Waals surface area contributed by atoms with Crippen molar-refractivity contribution in [2.45, 2.75) is 13.3 Å². The Kier molecular flexibility index (Phi) is 9.80. The summed E-state index contributed by atoms with van der Waals surface area (Å²) in [6, 6.07) is 6.27. The molecule has 3 N–H and O–H groups in total. The molecule has 0 heterocycles. The average molecular weight is 524 g/mol. The van der Waals surface area contributed by atoms with Gasteiger partial charge in [-0.25, -0.2) is 5.43 Å². The van der Waals surface area contributed by atoms with E-state index >= 15 is 0 Å². The summed E-state index contributed by atoms with van der Waals surface area (Å²) in [6.45, 7) is 2.28. The minimum absolute atomic E-state index is 0.0109. The third kappa shape index (κ3) is 7.01. The third-order valence-electron chi connectivity index (χ3n) is 4.32. The summed E-state index contributed by atoms with van der Waals surface area (Å²) >= 11 is 3.24. The highest BCUT2D eigenvalue weighted by Gasteiger charge is 2.17. The minimum Gasteiger partial charge on any atom is -0.503 e. The number of hydrazone groups is 1. The number of methoxy groups -OCH3 is 3. The number of hydrogen-bond acceptors (Lipinski definition) is 8. The van der Waals surface area contributed by atoms with Crippen LogP contribution >= 0.6 is 15.9 Å². The van der Waals surface area contributed by atoms with Gasteiger partial charge >= 0.3 is 0 Å². The Labute approximate surface area is 200 Å². The summed E-state index contributed by atoms with van der Waals surface area (Å²) in [6.07, 6.45) is 1.43. The summed E-state index contributed by atoms with van der Waals surface area (Å²) in [7, 11) is 4.39. The largest absolute Gasteiger partial charge is 0.503 e. The van der Waals surface area contributed by atoms with Crippen molar-refractivity contribution in [2.75, 3.05) is 34.5 Å². The summed E-state index contributed by atoms with van der Waals surface area (Å²) in [5.41, 5.74) is 3.29. The quantitative estimate of drug-likeness (QED) is 0.305. The highest BCUT2D eigenvalue weighted by atomic mass is 79.9. The highest BCUT2D eigenvalue weighted by molar-refractivity contribution is 9.10. The number of nitrogens with one attached hydrogen (secondary N) is 2. The fourth-order valence-electron chi connectivity index (χ4n) is 2.77. The van der Waals surface area contributed by atoms with E-state index in [9.17, 15) is 14.7 Å². The van der Waals surface area contributed by atoms with E-state index in [1.807, 2.05) is 0 Å². The van der Waals surface area contributed by atoms with Gasteiger partial charge in [-0.1, -0.05) is 0 Å². The van der Waals surface area contributed by atoms with E-state index in [0.29, 0.717) is 45.2 Å². The lowest BCUT2D eigenvalue weighted by molar-refractivity contribution is -0.120. The van der Waals surface area contributed by atoms with Crippen LogP contribution < -0.4 is 29.7 Å². The van der Waals surface area contributed by atoms with E-state index in [2.05, 4.69) is 31.8 Å². The molecule has 0 saturated carbocycles. The van der Waals surface area contributed by atoms with E-state index in [4.69, 9.17) is 18.9 Å². The van der Waals surface area contributed by atoms with Crippen LogP contribution in [0.4, 0.5) is 0 Å². The van der Waals surface area contributed by atoms with Crippen LogP contribution in [0.5, 0.6) is 28.7 Å². The van der Waals surface area contributed by atoms with Gasteiger partial charge in [0.2, 0.25) is 11.7 Å². The maximum absolute atomic E-state index is 12.4. The normalized spacial score (nSPS) is 10.6. The molecule has 2 aromatic carbocycles. The van der Waals surface area contributed by atoms with E-state index in [1.165, 1.54) is 39.7 Å². The number of phenolic OH excluding ortho intramolecular Hbond substituents is 1. The van der Waals surface area contributed by atoms with Gasteiger partial charge in [-0.3, -0.25) is 9.59 Å². The predicted molar refractivity (Wildman–Crippen MR) is 126 cm³/mol. The van der Waals surface area contributed by atoms with Crippen molar-refractivity contribution in [2.24, 2.45) is 5.10 Å². The Morgan fingerprint density at radius 1 is 1.06 bits per heavy atom. The molecule has 11 heteroatoms. The Bertz CT molecular complexity index is 1000. The second kappa shape index (κ2) is 12.5. The molecule has 178 valence electrons. The van der Waals surface area contributed by atoms with E-state index in [0.717, 1.165) is 0 Å². The molecule has 33 heavy (non-hydrogen) atoms. The number of phenols is 1. The molecule has 10 nitrogen and oxygen atoms in total. The molecule has 0 aliphatic carbocycles. The minimum atomic E-state index is -0.400. The molecule has 0 spiro atoms. The first-order chi connectivity index (χ1) is 15.8. The summed E-state index contributed by atoms with van der Waals surface area (Å²) in [4.78, 5) is 24.5. The van der Waals surface area contributed by atoms with E-state index in [-0.39, 0.29) is 24.6 Å². The molecule has 0 bridgehead atoms.